The molecule has 0 spiro atoms. The highest BCUT2D eigenvalue weighted by Crippen LogP contribution is 2.16. The first kappa shape index (κ1) is 19.9. The maximum atomic E-state index is 12.2. The molecule has 0 fully saturated rings. The molecule has 0 aliphatic carbocycles. The van der Waals surface area contributed by atoms with Gasteiger partial charge in [0.05, 0.1) is 11.8 Å². The predicted molar refractivity (Wildman–Crippen MR) is 107 cm³/mol. The Morgan fingerprint density at radius 3 is 2.07 bits per heavy atom. The van der Waals surface area contributed by atoms with E-state index in [0.717, 1.165) is 16.8 Å². The lowest BCUT2D eigenvalue weighted by molar-refractivity contribution is -0.141. The van der Waals surface area contributed by atoms with Crippen LogP contribution in [-0.2, 0) is 4.79 Å². The first-order valence-corrected chi connectivity index (χ1v) is 8.87. The number of carbonyl (C=O) groups excluding carboxylic acids is 1. The van der Waals surface area contributed by atoms with Gasteiger partial charge in [-0.05, 0) is 55.0 Å². The maximum absolute atomic E-state index is 12.2. The standard InChI is InChI=1S/C22H19N3O4/c1-14(26)20(22(28)29)24-21(27)18-10-6-16(7-11-18)3-2-15-4-8-17(9-5-15)19-12-13-23-25-19/h4-14,20,26H,1H3,(H,23,25)(H,24,27)(H,28,29). The number of hydrogen-bond acceptors (Lipinski definition) is 4. The Labute approximate surface area is 167 Å². The van der Waals surface area contributed by atoms with Crippen molar-refractivity contribution in [3.05, 3.63) is 77.5 Å². The van der Waals surface area contributed by atoms with Crippen LogP contribution in [0.5, 0.6) is 0 Å². The zero-order chi connectivity index (χ0) is 20.8. The molecule has 1 aromatic heterocycles. The van der Waals surface area contributed by atoms with Crippen molar-refractivity contribution in [1.82, 2.24) is 15.5 Å². The fourth-order valence-corrected chi connectivity index (χ4v) is 2.61. The number of hydrogen-bond donors (Lipinski definition) is 4. The van der Waals surface area contributed by atoms with Gasteiger partial charge in [0.2, 0.25) is 0 Å². The van der Waals surface area contributed by atoms with Crippen molar-refractivity contribution >= 4 is 11.9 Å². The lowest BCUT2D eigenvalue weighted by atomic mass is 10.1. The summed E-state index contributed by atoms with van der Waals surface area (Å²) in [6.07, 6.45) is 0.486. The Bertz CT molecular complexity index is 1040. The van der Waals surface area contributed by atoms with Gasteiger partial charge in [0.1, 0.15) is 0 Å². The highest BCUT2D eigenvalue weighted by Gasteiger charge is 2.25. The van der Waals surface area contributed by atoms with Crippen LogP contribution in [0.15, 0.2) is 60.8 Å². The summed E-state index contributed by atoms with van der Waals surface area (Å²) in [5.41, 5.74) is 3.78. The molecule has 146 valence electrons. The molecule has 7 heteroatoms. The van der Waals surface area contributed by atoms with Gasteiger partial charge in [0, 0.05) is 22.9 Å². The van der Waals surface area contributed by atoms with Crippen LogP contribution >= 0.6 is 0 Å². The van der Waals surface area contributed by atoms with Gasteiger partial charge in [-0.2, -0.15) is 5.10 Å². The van der Waals surface area contributed by atoms with Crippen LogP contribution in [0.25, 0.3) is 11.3 Å². The Balaban J connectivity index is 1.67. The molecule has 29 heavy (non-hydrogen) atoms. The summed E-state index contributed by atoms with van der Waals surface area (Å²) in [6, 6.07) is 14.7. The van der Waals surface area contributed by atoms with Crippen LogP contribution < -0.4 is 5.32 Å². The highest BCUT2D eigenvalue weighted by molar-refractivity contribution is 5.96. The van der Waals surface area contributed by atoms with Gasteiger partial charge < -0.3 is 15.5 Å². The minimum absolute atomic E-state index is 0.284. The smallest absolute Gasteiger partial charge is 0.328 e. The maximum Gasteiger partial charge on any atom is 0.328 e. The molecule has 0 bridgehead atoms. The van der Waals surface area contributed by atoms with Gasteiger partial charge in [-0.3, -0.25) is 9.89 Å². The first-order chi connectivity index (χ1) is 13.9. The van der Waals surface area contributed by atoms with E-state index >= 15 is 0 Å². The number of carboxylic acids is 1. The average molecular weight is 389 g/mol. The van der Waals surface area contributed by atoms with Crippen LogP contribution in [0.3, 0.4) is 0 Å². The minimum Gasteiger partial charge on any atom is -0.480 e. The summed E-state index contributed by atoms with van der Waals surface area (Å²) in [6.45, 7) is 1.30. The van der Waals surface area contributed by atoms with Crippen LogP contribution in [0.1, 0.15) is 28.4 Å². The van der Waals surface area contributed by atoms with E-state index in [2.05, 4.69) is 27.4 Å². The van der Waals surface area contributed by atoms with Gasteiger partial charge in [-0.15, -0.1) is 0 Å². The third-order valence-electron chi connectivity index (χ3n) is 4.23. The summed E-state index contributed by atoms with van der Waals surface area (Å²) in [5.74, 6) is 4.21. The molecule has 2 aromatic carbocycles. The van der Waals surface area contributed by atoms with E-state index in [4.69, 9.17) is 5.11 Å². The van der Waals surface area contributed by atoms with Gasteiger partial charge >= 0.3 is 5.97 Å². The summed E-state index contributed by atoms with van der Waals surface area (Å²) >= 11 is 0. The normalized spacial score (nSPS) is 12.3. The summed E-state index contributed by atoms with van der Waals surface area (Å²) in [5, 5.41) is 27.6. The number of carboxylic acid groups (broad SMARTS) is 1. The Morgan fingerprint density at radius 1 is 1.00 bits per heavy atom. The topological polar surface area (TPSA) is 115 Å². The van der Waals surface area contributed by atoms with Gasteiger partial charge in [0.15, 0.2) is 6.04 Å². The fraction of sp³-hybridized carbons (Fsp3) is 0.136. The summed E-state index contributed by atoms with van der Waals surface area (Å²) in [4.78, 5) is 23.2. The molecule has 0 radical (unpaired) electrons. The molecule has 2 unspecified atom stereocenters. The van der Waals surface area contributed by atoms with E-state index in [9.17, 15) is 14.7 Å². The monoisotopic (exact) mass is 389 g/mol. The molecule has 1 amide bonds. The van der Waals surface area contributed by atoms with Crippen molar-refractivity contribution in [1.29, 1.82) is 0 Å². The van der Waals surface area contributed by atoms with Crippen LogP contribution in [0.4, 0.5) is 0 Å². The number of aliphatic hydroxyl groups is 1. The lowest BCUT2D eigenvalue weighted by Crippen LogP contribution is -2.47. The van der Waals surface area contributed by atoms with Crippen molar-refractivity contribution in [2.75, 3.05) is 0 Å². The number of rotatable bonds is 5. The zero-order valence-electron chi connectivity index (χ0n) is 15.6. The quantitative estimate of drug-likeness (QED) is 0.499. The number of nitrogens with zero attached hydrogens (tertiary/aromatic N) is 1. The molecule has 0 saturated carbocycles. The summed E-state index contributed by atoms with van der Waals surface area (Å²) < 4.78 is 0. The second-order valence-electron chi connectivity index (χ2n) is 6.40. The Hall–Kier alpha value is -3.89. The number of amides is 1. The minimum atomic E-state index is -1.37. The largest absolute Gasteiger partial charge is 0.480 e. The second-order valence-corrected chi connectivity index (χ2v) is 6.40. The van der Waals surface area contributed by atoms with E-state index in [1.165, 1.54) is 6.92 Å². The van der Waals surface area contributed by atoms with E-state index in [-0.39, 0.29) is 5.56 Å². The molecule has 3 rings (SSSR count). The third-order valence-corrected chi connectivity index (χ3v) is 4.23. The molecule has 4 N–H and O–H groups in total. The second kappa shape index (κ2) is 8.87. The number of aromatic amines is 1. The third kappa shape index (κ3) is 5.09. The molecular weight excluding hydrogens is 370 g/mol. The van der Waals surface area contributed by atoms with Crippen LogP contribution in [0, 0.1) is 11.8 Å². The number of aliphatic hydroxyl groups excluding tert-OH is 1. The Morgan fingerprint density at radius 2 is 1.59 bits per heavy atom. The van der Waals surface area contributed by atoms with Crippen molar-refractivity contribution in [3.8, 4) is 23.1 Å². The molecule has 1 heterocycles. The summed E-state index contributed by atoms with van der Waals surface area (Å²) in [7, 11) is 0. The lowest BCUT2D eigenvalue weighted by Gasteiger charge is -2.16. The van der Waals surface area contributed by atoms with E-state index in [1.807, 2.05) is 30.3 Å². The van der Waals surface area contributed by atoms with E-state index in [1.54, 1.807) is 30.5 Å². The zero-order valence-corrected chi connectivity index (χ0v) is 15.6. The average Bonchev–Trinajstić information content (AvgIpc) is 3.25. The predicted octanol–water partition coefficient (Wildman–Crippen LogP) is 2.04. The number of aliphatic carboxylic acids is 1. The number of benzene rings is 2. The van der Waals surface area contributed by atoms with E-state index < -0.39 is 24.0 Å². The molecular formula is C22H19N3O4. The van der Waals surface area contributed by atoms with Gasteiger partial charge in [-0.1, -0.05) is 24.0 Å². The van der Waals surface area contributed by atoms with Crippen LogP contribution in [0.2, 0.25) is 0 Å². The molecule has 0 aliphatic rings. The van der Waals surface area contributed by atoms with Gasteiger partial charge in [-0.25, -0.2) is 4.79 Å². The van der Waals surface area contributed by atoms with Crippen molar-refractivity contribution in [2.45, 2.75) is 19.1 Å². The van der Waals surface area contributed by atoms with Crippen LogP contribution in [-0.4, -0.2) is 44.4 Å². The molecule has 0 saturated heterocycles. The number of H-pyrrole nitrogens is 1. The number of aromatic nitrogens is 2. The fourth-order valence-electron chi connectivity index (χ4n) is 2.61. The van der Waals surface area contributed by atoms with Crippen molar-refractivity contribution in [2.24, 2.45) is 0 Å². The number of nitrogens with one attached hydrogen (secondary N) is 2. The molecule has 2 atom stereocenters. The SMILES string of the molecule is CC(O)C(NC(=O)c1ccc(C#Cc2ccc(-c3ccn[nH]3)cc2)cc1)C(=O)O. The highest BCUT2D eigenvalue weighted by atomic mass is 16.4. The molecule has 0 aliphatic heterocycles. The van der Waals surface area contributed by atoms with E-state index in [0.29, 0.717) is 5.56 Å². The van der Waals surface area contributed by atoms with Crippen molar-refractivity contribution in [3.63, 3.8) is 0 Å². The Kier molecular flexibility index (Phi) is 6.07. The molecule has 7 nitrogen and oxygen atoms in total. The molecule has 3 aromatic rings. The van der Waals surface area contributed by atoms with Crippen molar-refractivity contribution < 1.29 is 19.8 Å². The first-order valence-electron chi connectivity index (χ1n) is 8.87. The number of carbonyl (C=O) groups is 2. The van der Waals surface area contributed by atoms with Gasteiger partial charge in [0.25, 0.3) is 5.91 Å².